The van der Waals surface area contributed by atoms with E-state index in [9.17, 15) is 9.90 Å². The Bertz CT molecular complexity index is 81.0. The Hall–Kier alpha value is -0.280. The van der Waals surface area contributed by atoms with Crippen LogP contribution in [0.15, 0.2) is 0 Å². The molecule has 3 nitrogen and oxygen atoms in total. The maximum atomic E-state index is 9.61. The molecule has 7 heavy (non-hydrogen) atoms. The summed E-state index contributed by atoms with van der Waals surface area (Å²) in [6.07, 6.45) is -0.963. The van der Waals surface area contributed by atoms with E-state index in [0.717, 1.165) is 13.1 Å². The van der Waals surface area contributed by atoms with Crippen molar-refractivity contribution >= 4 is 6.09 Å². The molecule has 0 saturated carbocycles. The molecule has 42 valence electrons. The van der Waals surface area contributed by atoms with Gasteiger partial charge in [-0.25, -0.2) is 0 Å². The highest BCUT2D eigenvalue weighted by Crippen LogP contribution is 1.58. The summed E-state index contributed by atoms with van der Waals surface area (Å²) in [6, 6.07) is 0. The fourth-order valence-electron chi connectivity index (χ4n) is 0.267. The van der Waals surface area contributed by atoms with Crippen molar-refractivity contribution in [3.63, 3.8) is 0 Å². The standard InChI is InChI=1S/C3H5NO2.ClH/c5-3(6)4-1-2-4;/h1-2H2,(H,5,6);1H/p-1. The van der Waals surface area contributed by atoms with Gasteiger partial charge in [-0.2, -0.15) is 0 Å². The highest BCUT2D eigenvalue weighted by Gasteiger charge is 2.24. The molecule has 1 saturated heterocycles. The normalized spacial score (nSPS) is 17.7. The Morgan fingerprint density at radius 1 is 1.57 bits per heavy atom. The molecule has 0 aromatic rings. The van der Waals surface area contributed by atoms with Crippen molar-refractivity contribution in [2.75, 3.05) is 13.1 Å². The number of hydrogen-bond acceptors (Lipinski definition) is 2. The predicted octanol–water partition coefficient (Wildman–Crippen LogP) is -5.77. The molecule has 0 spiro atoms. The molecule has 0 unspecified atom stereocenters. The summed E-state index contributed by atoms with van der Waals surface area (Å²) in [4.78, 5) is 10.2. The van der Waals surface area contributed by atoms with Crippen LogP contribution in [0.4, 0.5) is 4.79 Å². The summed E-state index contributed by atoms with van der Waals surface area (Å²) in [5.74, 6) is 0. The lowest BCUT2D eigenvalue weighted by molar-refractivity contribution is -0.708. The van der Waals surface area contributed by atoms with Crippen LogP contribution >= 0.6 is 0 Å². The van der Waals surface area contributed by atoms with E-state index in [1.807, 2.05) is 0 Å². The van der Waals surface area contributed by atoms with Gasteiger partial charge in [0.25, 0.3) is 6.09 Å². The second kappa shape index (κ2) is 2.14. The largest absolute Gasteiger partial charge is 1.00 e. The molecule has 0 aromatic carbocycles. The summed E-state index contributed by atoms with van der Waals surface area (Å²) >= 11 is 0. The average Bonchev–Trinajstić information content (AvgIpc) is 2.06. The molecular formula is C3H5ClNO2-. The van der Waals surface area contributed by atoms with E-state index in [1.165, 1.54) is 0 Å². The molecule has 1 aliphatic rings. The summed E-state index contributed by atoms with van der Waals surface area (Å²) in [5.41, 5.74) is 0. The van der Waals surface area contributed by atoms with Gasteiger partial charge in [-0.1, -0.05) is 0 Å². The van der Waals surface area contributed by atoms with Crippen LogP contribution in [0.3, 0.4) is 0 Å². The topological polar surface area (TPSA) is 44.6 Å². The second-order valence-electron chi connectivity index (χ2n) is 1.39. The van der Waals surface area contributed by atoms with E-state index in [2.05, 4.69) is 0 Å². The van der Waals surface area contributed by atoms with Gasteiger partial charge in [-0.15, -0.1) is 0 Å². The zero-order chi connectivity index (χ0) is 4.57. The van der Waals surface area contributed by atoms with Crippen LogP contribution in [0.2, 0.25) is 0 Å². The van der Waals surface area contributed by atoms with Crippen molar-refractivity contribution in [1.29, 1.82) is 0 Å². The quantitative estimate of drug-likeness (QED) is 0.326. The highest BCUT2D eigenvalue weighted by atomic mass is 35.5. The lowest BCUT2D eigenvalue weighted by atomic mass is 11.0. The lowest BCUT2D eigenvalue weighted by Crippen LogP contribution is -3.00. The summed E-state index contributed by atoms with van der Waals surface area (Å²) in [6.45, 7) is 1.50. The van der Waals surface area contributed by atoms with Crippen molar-refractivity contribution in [2.45, 2.75) is 0 Å². The van der Waals surface area contributed by atoms with Crippen LogP contribution in [0.1, 0.15) is 0 Å². The lowest BCUT2D eigenvalue weighted by Gasteiger charge is -1.88. The molecule has 0 atom stereocenters. The predicted molar refractivity (Wildman–Crippen MR) is 16.1 cm³/mol. The van der Waals surface area contributed by atoms with Gasteiger partial charge in [-0.05, 0) is 0 Å². The highest BCUT2D eigenvalue weighted by molar-refractivity contribution is 5.52. The average molecular weight is 123 g/mol. The van der Waals surface area contributed by atoms with E-state index >= 15 is 0 Å². The number of amides is 1. The van der Waals surface area contributed by atoms with Gasteiger partial charge in [0.05, 0.1) is 0 Å². The van der Waals surface area contributed by atoms with Gasteiger partial charge in [0.15, 0.2) is 0 Å². The first-order valence-corrected chi connectivity index (χ1v) is 1.87. The molecule has 1 rings (SSSR count). The van der Waals surface area contributed by atoms with Crippen molar-refractivity contribution < 1.29 is 27.2 Å². The molecule has 0 radical (unpaired) electrons. The Kier molecular flexibility index (Phi) is 2.05. The first-order valence-electron chi connectivity index (χ1n) is 1.87. The molecular weight excluding hydrogens is 117 g/mol. The van der Waals surface area contributed by atoms with Crippen LogP contribution in [-0.4, -0.2) is 19.2 Å². The number of nitrogens with one attached hydrogen (secondary N) is 1. The third kappa shape index (κ3) is 1.75. The number of quaternary nitrogens is 1. The van der Waals surface area contributed by atoms with Crippen LogP contribution in [0.25, 0.3) is 0 Å². The summed E-state index contributed by atoms with van der Waals surface area (Å²) in [5, 5.41) is 9.61. The van der Waals surface area contributed by atoms with Gasteiger partial charge in [0.1, 0.15) is 13.1 Å². The number of carbonyl (C=O) groups excluding carboxylic acids is 1. The Morgan fingerprint density at radius 2 is 2.00 bits per heavy atom. The van der Waals surface area contributed by atoms with E-state index in [-0.39, 0.29) is 12.4 Å². The SMILES string of the molecule is O=C([O-])[NH+]1CC1.[Cl-]. The smallest absolute Gasteiger partial charge is 0.256 e. The second-order valence-corrected chi connectivity index (χ2v) is 1.39. The maximum Gasteiger partial charge on any atom is 0.256 e. The van der Waals surface area contributed by atoms with Crippen LogP contribution in [0, 0.1) is 0 Å². The zero-order valence-electron chi connectivity index (χ0n) is 3.61. The van der Waals surface area contributed by atoms with Gasteiger partial charge in [0, 0.05) is 0 Å². The van der Waals surface area contributed by atoms with Crippen molar-refractivity contribution in [3.8, 4) is 0 Å². The minimum atomic E-state index is -0.963. The third-order valence-electron chi connectivity index (χ3n) is 0.789. The molecule has 0 aliphatic carbocycles. The maximum absolute atomic E-state index is 9.61. The summed E-state index contributed by atoms with van der Waals surface area (Å²) < 4.78 is 0. The van der Waals surface area contributed by atoms with Crippen LogP contribution in [0.5, 0.6) is 0 Å². The van der Waals surface area contributed by atoms with Gasteiger partial charge in [0.2, 0.25) is 0 Å². The Labute approximate surface area is 47.3 Å². The number of hydrogen-bond donors (Lipinski definition) is 1. The van der Waals surface area contributed by atoms with Crippen LogP contribution in [-0.2, 0) is 0 Å². The van der Waals surface area contributed by atoms with Crippen LogP contribution < -0.4 is 22.4 Å². The molecule has 1 heterocycles. The van der Waals surface area contributed by atoms with Crippen molar-refractivity contribution in [3.05, 3.63) is 0 Å². The Balaban J connectivity index is 0.000000360. The Morgan fingerprint density at radius 3 is 2.00 bits per heavy atom. The fraction of sp³-hybridized carbons (Fsp3) is 0.667. The number of halogens is 1. The number of rotatable bonds is 0. The molecule has 1 aliphatic heterocycles. The number of carbonyl (C=O) groups is 1. The zero-order valence-corrected chi connectivity index (χ0v) is 4.36. The minimum Gasteiger partial charge on any atom is -1.00 e. The van der Waals surface area contributed by atoms with E-state index in [0.29, 0.717) is 4.90 Å². The fourth-order valence-corrected chi connectivity index (χ4v) is 0.267. The van der Waals surface area contributed by atoms with Gasteiger partial charge in [-0.3, -0.25) is 4.90 Å². The van der Waals surface area contributed by atoms with Crippen molar-refractivity contribution in [2.24, 2.45) is 0 Å². The molecule has 0 aromatic heterocycles. The monoisotopic (exact) mass is 122 g/mol. The van der Waals surface area contributed by atoms with E-state index in [1.54, 1.807) is 0 Å². The molecule has 1 N–H and O–H groups in total. The van der Waals surface area contributed by atoms with E-state index in [4.69, 9.17) is 0 Å². The van der Waals surface area contributed by atoms with Crippen molar-refractivity contribution in [1.82, 2.24) is 0 Å². The molecule has 0 bridgehead atoms. The van der Waals surface area contributed by atoms with Gasteiger partial charge >= 0.3 is 0 Å². The first kappa shape index (κ1) is 6.72. The minimum absolute atomic E-state index is 0. The first-order chi connectivity index (χ1) is 2.80. The molecule has 1 amide bonds. The number of carboxylic acid groups (broad SMARTS) is 1. The molecule has 1 fully saturated rings. The summed E-state index contributed by atoms with van der Waals surface area (Å²) in [7, 11) is 0. The van der Waals surface area contributed by atoms with Gasteiger partial charge < -0.3 is 22.3 Å². The molecule has 4 heteroatoms. The third-order valence-corrected chi connectivity index (χ3v) is 0.789. The van der Waals surface area contributed by atoms with E-state index < -0.39 is 6.09 Å².